The van der Waals surface area contributed by atoms with Crippen LogP contribution in [0.1, 0.15) is 58.4 Å². The minimum Gasteiger partial charge on any atom is -0.370 e. The van der Waals surface area contributed by atoms with Crippen LogP contribution >= 0.6 is 0 Å². The van der Waals surface area contributed by atoms with Gasteiger partial charge in [-0.3, -0.25) is 9.48 Å². The van der Waals surface area contributed by atoms with Gasteiger partial charge in [0.15, 0.2) is 0 Å². The molecule has 0 radical (unpaired) electrons. The first-order chi connectivity index (χ1) is 13.7. The van der Waals surface area contributed by atoms with E-state index in [1.54, 1.807) is 0 Å². The lowest BCUT2D eigenvalue weighted by Gasteiger charge is -2.28. The summed E-state index contributed by atoms with van der Waals surface area (Å²) in [4.78, 5) is 2.57. The van der Waals surface area contributed by atoms with Gasteiger partial charge in [0.05, 0.1) is 6.04 Å². The van der Waals surface area contributed by atoms with Crippen LogP contribution in [0.2, 0.25) is 0 Å². The molecule has 6 heteroatoms. The number of rotatable bonds is 10. The molecule has 156 valence electrons. The van der Waals surface area contributed by atoms with E-state index >= 15 is 0 Å². The summed E-state index contributed by atoms with van der Waals surface area (Å²) in [7, 11) is -2.84. The molecule has 3 rings (SSSR count). The van der Waals surface area contributed by atoms with E-state index in [9.17, 15) is 0 Å². The number of hydrogen-bond donors (Lipinski definition) is 0. The van der Waals surface area contributed by atoms with Gasteiger partial charge in [-0.15, -0.1) is 0 Å². The van der Waals surface area contributed by atoms with Gasteiger partial charge in [0.1, 0.15) is 19.6 Å². The highest BCUT2D eigenvalue weighted by Gasteiger charge is 2.43. The Bertz CT molecular complexity index is 629. The molecule has 1 aromatic rings. The van der Waals surface area contributed by atoms with Crippen LogP contribution in [0.25, 0.3) is 0 Å². The molecule has 0 unspecified atom stereocenters. The number of benzene rings is 1. The Morgan fingerprint density at radius 3 is 2.32 bits per heavy atom. The average Bonchev–Trinajstić information content (AvgIpc) is 3.18. The zero-order chi connectivity index (χ0) is 19.8. The zero-order valence-electron chi connectivity index (χ0n) is 17.9. The molecule has 2 aliphatic rings. The Balaban J connectivity index is 1.73. The lowest BCUT2D eigenvalue weighted by atomic mass is 9.95. The maximum Gasteiger partial charge on any atom is 0.537 e. The molecule has 1 aromatic carbocycles. The van der Waals surface area contributed by atoms with E-state index < -0.39 is 8.80 Å². The molecule has 1 heterocycles. The topological polar surface area (TPSA) is 33.9 Å². The van der Waals surface area contributed by atoms with Crippen LogP contribution in [0, 0.1) is 0 Å². The summed E-state index contributed by atoms with van der Waals surface area (Å²) in [5.74, 6) is 0. The van der Waals surface area contributed by atoms with Crippen molar-refractivity contribution >= 4 is 20.3 Å². The lowest BCUT2D eigenvalue weighted by molar-refractivity contribution is -0.530. The van der Waals surface area contributed by atoms with Gasteiger partial charge >= 0.3 is 8.80 Å². The van der Waals surface area contributed by atoms with E-state index in [0.29, 0.717) is 19.8 Å². The van der Waals surface area contributed by atoms with Crippen LogP contribution in [0.5, 0.6) is 0 Å². The molecule has 1 aliphatic carbocycles. The highest BCUT2D eigenvalue weighted by atomic mass is 28.4. The fourth-order valence-corrected chi connectivity index (χ4v) is 6.97. The van der Waals surface area contributed by atoms with Gasteiger partial charge in [-0.25, -0.2) is 0 Å². The predicted octanol–water partition coefficient (Wildman–Crippen LogP) is 3.13. The summed E-state index contributed by atoms with van der Waals surface area (Å²) in [5.41, 5.74) is 1.29. The molecule has 0 atom stereocenters. The molecule has 28 heavy (non-hydrogen) atoms. The van der Waals surface area contributed by atoms with Crippen molar-refractivity contribution in [1.82, 2.24) is 4.90 Å². The first-order valence-corrected chi connectivity index (χ1v) is 12.8. The Hall–Kier alpha value is -1.21. The molecule has 0 aromatic heterocycles. The SMILES string of the molecule is CCO[Si](OCC)(OCC)c1cccc(C[N+]2=CN(C3CCCCC3)CC2)c1. The summed E-state index contributed by atoms with van der Waals surface area (Å²) in [6, 6.07) is 9.38. The second-order valence-electron chi connectivity index (χ2n) is 7.67. The molecule has 1 aliphatic heterocycles. The predicted molar refractivity (Wildman–Crippen MR) is 115 cm³/mol. The summed E-state index contributed by atoms with van der Waals surface area (Å²) in [5, 5.41) is 1.07. The first kappa shape index (κ1) is 21.5. The van der Waals surface area contributed by atoms with Gasteiger partial charge in [0, 0.05) is 25.0 Å². The Labute approximate surface area is 171 Å². The quantitative estimate of drug-likeness (QED) is 0.442. The summed E-state index contributed by atoms with van der Waals surface area (Å²) < 4.78 is 20.7. The second-order valence-corrected chi connectivity index (χ2v) is 10.2. The van der Waals surface area contributed by atoms with Gasteiger partial charge in [-0.1, -0.05) is 24.6 Å². The highest BCUT2D eigenvalue weighted by molar-refractivity contribution is 6.75. The van der Waals surface area contributed by atoms with Crippen molar-refractivity contribution in [2.45, 2.75) is 65.5 Å². The maximum absolute atomic E-state index is 6.08. The normalized spacial score (nSPS) is 18.5. The third kappa shape index (κ3) is 5.23. The van der Waals surface area contributed by atoms with Crippen LogP contribution in [-0.4, -0.2) is 63.6 Å². The molecular formula is C22H37N2O3Si+. The van der Waals surface area contributed by atoms with Crippen molar-refractivity contribution in [3.8, 4) is 0 Å². The number of nitrogens with zero attached hydrogens (tertiary/aromatic N) is 2. The Morgan fingerprint density at radius 1 is 1.00 bits per heavy atom. The van der Waals surface area contributed by atoms with Crippen LogP contribution in [0.15, 0.2) is 24.3 Å². The third-order valence-electron chi connectivity index (χ3n) is 5.67. The summed E-state index contributed by atoms with van der Waals surface area (Å²) >= 11 is 0. The van der Waals surface area contributed by atoms with E-state index in [4.69, 9.17) is 13.3 Å². The van der Waals surface area contributed by atoms with E-state index in [-0.39, 0.29) is 0 Å². The smallest absolute Gasteiger partial charge is 0.370 e. The molecule has 5 nitrogen and oxygen atoms in total. The highest BCUT2D eigenvalue weighted by Crippen LogP contribution is 2.23. The van der Waals surface area contributed by atoms with Crippen molar-refractivity contribution in [3.63, 3.8) is 0 Å². The monoisotopic (exact) mass is 405 g/mol. The standard InChI is InChI=1S/C22H37N2O3Si/c1-4-25-28(26-5-2,27-6-3)22-14-10-11-20(17-22)18-23-15-16-24(19-23)21-12-8-7-9-13-21/h10-11,14,17,19,21H,4-9,12-13,15-16,18H2,1-3H3/q+1. The van der Waals surface area contributed by atoms with E-state index in [2.05, 4.69) is 40.1 Å². The van der Waals surface area contributed by atoms with Gasteiger partial charge in [0.25, 0.3) is 0 Å². The average molecular weight is 406 g/mol. The lowest BCUT2D eigenvalue weighted by Crippen LogP contribution is -2.57. The fraction of sp³-hybridized carbons (Fsp3) is 0.682. The molecule has 0 amide bonds. The van der Waals surface area contributed by atoms with Crippen LogP contribution < -0.4 is 5.19 Å². The minimum absolute atomic E-state index is 0.590. The van der Waals surface area contributed by atoms with E-state index in [0.717, 1.165) is 30.9 Å². The summed E-state index contributed by atoms with van der Waals surface area (Å²) in [6.45, 7) is 11.0. The molecule has 0 spiro atoms. The molecular weight excluding hydrogens is 368 g/mol. The molecule has 0 saturated heterocycles. The Morgan fingerprint density at radius 2 is 1.68 bits per heavy atom. The second kappa shape index (κ2) is 10.5. The van der Waals surface area contributed by atoms with E-state index in [1.165, 1.54) is 37.7 Å². The van der Waals surface area contributed by atoms with Crippen LogP contribution in [0.4, 0.5) is 0 Å². The summed E-state index contributed by atoms with van der Waals surface area (Å²) in [6.07, 6.45) is 9.25. The van der Waals surface area contributed by atoms with Crippen molar-refractivity contribution < 1.29 is 17.9 Å². The number of hydrogen-bond acceptors (Lipinski definition) is 4. The van der Waals surface area contributed by atoms with Gasteiger partial charge in [-0.05, 0) is 58.1 Å². The third-order valence-corrected chi connectivity index (χ3v) is 8.69. The molecule has 1 saturated carbocycles. The van der Waals surface area contributed by atoms with Crippen molar-refractivity contribution in [2.75, 3.05) is 32.9 Å². The zero-order valence-corrected chi connectivity index (χ0v) is 18.9. The largest absolute Gasteiger partial charge is 0.537 e. The van der Waals surface area contributed by atoms with Crippen molar-refractivity contribution in [2.24, 2.45) is 0 Å². The van der Waals surface area contributed by atoms with Gasteiger partial charge < -0.3 is 13.3 Å². The van der Waals surface area contributed by atoms with Gasteiger partial charge in [-0.2, -0.15) is 0 Å². The Kier molecular flexibility index (Phi) is 8.08. The molecule has 0 N–H and O–H groups in total. The van der Waals surface area contributed by atoms with Crippen LogP contribution in [0.3, 0.4) is 0 Å². The van der Waals surface area contributed by atoms with Crippen molar-refractivity contribution in [1.29, 1.82) is 0 Å². The van der Waals surface area contributed by atoms with Crippen LogP contribution in [-0.2, 0) is 19.8 Å². The molecule has 0 bridgehead atoms. The first-order valence-electron chi connectivity index (χ1n) is 11.1. The van der Waals surface area contributed by atoms with E-state index in [1.807, 2.05) is 20.8 Å². The fourth-order valence-electron chi connectivity index (χ4n) is 4.42. The minimum atomic E-state index is -2.84. The van der Waals surface area contributed by atoms with Crippen molar-refractivity contribution in [3.05, 3.63) is 29.8 Å². The van der Waals surface area contributed by atoms with Gasteiger partial charge in [0.2, 0.25) is 6.34 Å². The molecule has 1 fully saturated rings. The maximum atomic E-state index is 6.08.